The Labute approximate surface area is 77.1 Å². The Balaban J connectivity index is 3.12. The van der Waals surface area contributed by atoms with Gasteiger partial charge < -0.3 is 10.6 Å². The zero-order valence-corrected chi connectivity index (χ0v) is 7.97. The summed E-state index contributed by atoms with van der Waals surface area (Å²) in [5.41, 5.74) is 6.53. The van der Waals surface area contributed by atoms with E-state index in [4.69, 9.17) is 17.3 Å². The van der Waals surface area contributed by atoms with Crippen LogP contribution in [0.5, 0.6) is 0 Å². The minimum absolute atomic E-state index is 0.484. The molecule has 0 amide bonds. The number of pyridine rings is 1. The Kier molecular flexibility index (Phi) is 2.89. The first-order chi connectivity index (χ1) is 5.65. The van der Waals surface area contributed by atoms with Crippen molar-refractivity contribution in [2.75, 3.05) is 19.0 Å². The van der Waals surface area contributed by atoms with Gasteiger partial charge in [-0.2, -0.15) is 0 Å². The maximum atomic E-state index is 5.74. The van der Waals surface area contributed by atoms with Gasteiger partial charge in [-0.05, 0) is 6.07 Å². The lowest BCUT2D eigenvalue weighted by Crippen LogP contribution is -2.14. The van der Waals surface area contributed by atoms with Crippen LogP contribution < -0.4 is 10.6 Å². The summed E-state index contributed by atoms with van der Waals surface area (Å²) in [5.74, 6) is 0.838. The molecule has 0 bridgehead atoms. The summed E-state index contributed by atoms with van der Waals surface area (Å²) >= 11 is 5.74. The smallest absolute Gasteiger partial charge is 0.134 e. The molecule has 0 radical (unpaired) electrons. The van der Waals surface area contributed by atoms with Crippen LogP contribution in [0.25, 0.3) is 0 Å². The molecule has 1 rings (SSSR count). The van der Waals surface area contributed by atoms with Crippen molar-refractivity contribution in [1.82, 2.24) is 4.98 Å². The largest absolute Gasteiger partial charge is 0.362 e. The van der Waals surface area contributed by atoms with Crippen molar-refractivity contribution in [2.24, 2.45) is 5.73 Å². The number of rotatable bonds is 2. The van der Waals surface area contributed by atoms with Gasteiger partial charge in [-0.1, -0.05) is 17.7 Å². The van der Waals surface area contributed by atoms with Crippen LogP contribution >= 0.6 is 11.6 Å². The quantitative estimate of drug-likeness (QED) is 0.706. The first-order valence-corrected chi connectivity index (χ1v) is 4.05. The fourth-order valence-electron chi connectivity index (χ4n) is 1.00. The predicted octanol–water partition coefficient (Wildman–Crippen LogP) is 1.26. The predicted molar refractivity (Wildman–Crippen MR) is 51.5 cm³/mol. The zero-order chi connectivity index (χ0) is 9.14. The molecule has 0 atom stereocenters. The van der Waals surface area contributed by atoms with Crippen LogP contribution in [0.3, 0.4) is 0 Å². The molecule has 0 spiro atoms. The summed E-state index contributed by atoms with van der Waals surface area (Å²) in [4.78, 5) is 6.05. The van der Waals surface area contributed by atoms with Crippen molar-refractivity contribution in [3.63, 3.8) is 0 Å². The fraction of sp³-hybridized carbons (Fsp3) is 0.375. The lowest BCUT2D eigenvalue weighted by atomic mass is 10.2. The molecule has 3 nitrogen and oxygen atoms in total. The van der Waals surface area contributed by atoms with Crippen LogP contribution in [0.15, 0.2) is 12.1 Å². The number of nitrogens with two attached hydrogens (primary N) is 1. The van der Waals surface area contributed by atoms with Crippen LogP contribution in [0, 0.1) is 0 Å². The molecule has 1 aromatic rings. The molecule has 1 heterocycles. The number of anilines is 1. The summed E-state index contributed by atoms with van der Waals surface area (Å²) < 4.78 is 0. The Bertz CT molecular complexity index is 273. The number of aromatic nitrogens is 1. The van der Waals surface area contributed by atoms with Crippen molar-refractivity contribution in [3.05, 3.63) is 22.8 Å². The Morgan fingerprint density at radius 2 is 2.17 bits per heavy atom. The third-order valence-corrected chi connectivity index (χ3v) is 1.78. The SMILES string of the molecule is CN(C)c1nc(Cl)ccc1CN. The summed E-state index contributed by atoms with van der Waals surface area (Å²) in [7, 11) is 3.83. The Hall–Kier alpha value is -0.800. The van der Waals surface area contributed by atoms with Crippen LogP contribution in [0.4, 0.5) is 5.82 Å². The van der Waals surface area contributed by atoms with E-state index < -0.39 is 0 Å². The van der Waals surface area contributed by atoms with Gasteiger partial charge >= 0.3 is 0 Å². The summed E-state index contributed by atoms with van der Waals surface area (Å²) in [5, 5.41) is 0.496. The average molecular weight is 186 g/mol. The van der Waals surface area contributed by atoms with Gasteiger partial charge in [0, 0.05) is 26.2 Å². The van der Waals surface area contributed by atoms with Crippen molar-refractivity contribution in [3.8, 4) is 0 Å². The lowest BCUT2D eigenvalue weighted by molar-refractivity contribution is 0.986. The van der Waals surface area contributed by atoms with Gasteiger partial charge in [-0.15, -0.1) is 0 Å². The van der Waals surface area contributed by atoms with Gasteiger partial charge in [0.25, 0.3) is 0 Å². The standard InChI is InChI=1S/C8H12ClN3/c1-12(2)8-6(5-10)3-4-7(9)11-8/h3-4H,5,10H2,1-2H3. The summed E-state index contributed by atoms with van der Waals surface area (Å²) in [6, 6.07) is 3.64. The molecule has 66 valence electrons. The molecule has 0 aliphatic rings. The van der Waals surface area contributed by atoms with E-state index in [9.17, 15) is 0 Å². The first-order valence-electron chi connectivity index (χ1n) is 3.68. The van der Waals surface area contributed by atoms with Gasteiger partial charge in [-0.25, -0.2) is 4.98 Å². The third-order valence-electron chi connectivity index (χ3n) is 1.57. The molecule has 0 aliphatic carbocycles. The molecule has 0 aromatic carbocycles. The van der Waals surface area contributed by atoms with Gasteiger partial charge in [0.1, 0.15) is 11.0 Å². The molecule has 0 aliphatic heterocycles. The number of hydrogen-bond acceptors (Lipinski definition) is 3. The van der Waals surface area contributed by atoms with Crippen LogP contribution in [-0.2, 0) is 6.54 Å². The van der Waals surface area contributed by atoms with E-state index in [0.717, 1.165) is 11.4 Å². The van der Waals surface area contributed by atoms with Gasteiger partial charge in [0.2, 0.25) is 0 Å². The van der Waals surface area contributed by atoms with Gasteiger partial charge in [-0.3, -0.25) is 0 Å². The van der Waals surface area contributed by atoms with E-state index in [2.05, 4.69) is 4.98 Å². The molecule has 0 saturated heterocycles. The maximum Gasteiger partial charge on any atom is 0.134 e. The van der Waals surface area contributed by atoms with E-state index in [1.165, 1.54) is 0 Å². The van der Waals surface area contributed by atoms with Crippen molar-refractivity contribution < 1.29 is 0 Å². The topological polar surface area (TPSA) is 42.2 Å². The highest BCUT2D eigenvalue weighted by atomic mass is 35.5. The highest BCUT2D eigenvalue weighted by molar-refractivity contribution is 6.29. The molecule has 0 unspecified atom stereocenters. The fourth-order valence-corrected chi connectivity index (χ4v) is 1.14. The van der Waals surface area contributed by atoms with Crippen molar-refractivity contribution in [2.45, 2.75) is 6.54 Å². The molecule has 0 saturated carbocycles. The molecular formula is C8H12ClN3. The van der Waals surface area contributed by atoms with Crippen LogP contribution in [0.2, 0.25) is 5.15 Å². The van der Waals surface area contributed by atoms with E-state index in [-0.39, 0.29) is 0 Å². The summed E-state index contributed by atoms with van der Waals surface area (Å²) in [6.45, 7) is 0.484. The minimum Gasteiger partial charge on any atom is -0.362 e. The zero-order valence-electron chi connectivity index (χ0n) is 7.21. The van der Waals surface area contributed by atoms with Crippen LogP contribution in [0.1, 0.15) is 5.56 Å². The lowest BCUT2D eigenvalue weighted by Gasteiger charge is -2.14. The second kappa shape index (κ2) is 3.74. The van der Waals surface area contributed by atoms with Crippen molar-refractivity contribution in [1.29, 1.82) is 0 Å². The highest BCUT2D eigenvalue weighted by Gasteiger charge is 2.04. The third kappa shape index (κ3) is 1.87. The molecule has 1 aromatic heterocycles. The second-order valence-corrected chi connectivity index (χ2v) is 3.10. The van der Waals surface area contributed by atoms with E-state index in [1.54, 1.807) is 6.07 Å². The van der Waals surface area contributed by atoms with Gasteiger partial charge in [0.05, 0.1) is 0 Å². The normalized spacial score (nSPS) is 10.0. The Morgan fingerprint density at radius 3 is 2.67 bits per heavy atom. The molecular weight excluding hydrogens is 174 g/mol. The average Bonchev–Trinajstić information content (AvgIpc) is 2.04. The molecule has 0 fully saturated rings. The van der Waals surface area contributed by atoms with E-state index in [0.29, 0.717) is 11.7 Å². The van der Waals surface area contributed by atoms with Gasteiger partial charge in [0.15, 0.2) is 0 Å². The number of nitrogens with zero attached hydrogens (tertiary/aromatic N) is 2. The highest BCUT2D eigenvalue weighted by Crippen LogP contribution is 2.17. The second-order valence-electron chi connectivity index (χ2n) is 2.72. The van der Waals surface area contributed by atoms with Crippen molar-refractivity contribution >= 4 is 17.4 Å². The maximum absolute atomic E-state index is 5.74. The van der Waals surface area contributed by atoms with Crippen LogP contribution in [-0.4, -0.2) is 19.1 Å². The number of hydrogen-bond donors (Lipinski definition) is 1. The monoisotopic (exact) mass is 185 g/mol. The Morgan fingerprint density at radius 1 is 1.50 bits per heavy atom. The van der Waals surface area contributed by atoms with E-state index >= 15 is 0 Å². The van der Waals surface area contributed by atoms with E-state index in [1.807, 2.05) is 25.1 Å². The first kappa shape index (κ1) is 9.29. The minimum atomic E-state index is 0.484. The molecule has 2 N–H and O–H groups in total. The molecule has 12 heavy (non-hydrogen) atoms. The summed E-state index contributed by atoms with van der Waals surface area (Å²) in [6.07, 6.45) is 0. The number of halogens is 1. The molecule has 4 heteroatoms.